The molecule has 0 bridgehead atoms. The molecular weight excluding hydrogens is 611 g/mol. The van der Waals surface area contributed by atoms with Gasteiger partial charge < -0.3 is 29.0 Å². The van der Waals surface area contributed by atoms with Gasteiger partial charge in [-0.2, -0.15) is 0 Å². The van der Waals surface area contributed by atoms with Crippen molar-refractivity contribution in [1.29, 1.82) is 0 Å². The minimum atomic E-state index is -0.463. The fourth-order valence-electron chi connectivity index (χ4n) is 4.45. The van der Waals surface area contributed by atoms with Crippen LogP contribution in [0.25, 0.3) is 5.69 Å². The van der Waals surface area contributed by atoms with Crippen LogP contribution in [-0.4, -0.2) is 94.3 Å². The number of ether oxygens (including phenoxy) is 5. The van der Waals surface area contributed by atoms with E-state index in [2.05, 4.69) is 26.2 Å². The number of rotatable bonds is 17. The van der Waals surface area contributed by atoms with Gasteiger partial charge in [-0.25, -0.2) is 9.37 Å². The minimum absolute atomic E-state index is 0.266. The van der Waals surface area contributed by atoms with Crippen molar-refractivity contribution in [3.63, 3.8) is 0 Å². The molecular formula is C30H36BrFN4O6. The van der Waals surface area contributed by atoms with E-state index in [9.17, 15) is 9.18 Å². The second-order valence-electron chi connectivity index (χ2n) is 9.34. The largest absolute Gasteiger partial charge is 0.382 e. The van der Waals surface area contributed by atoms with Crippen molar-refractivity contribution >= 4 is 27.5 Å². The molecule has 226 valence electrons. The maximum atomic E-state index is 14.9. The lowest BCUT2D eigenvalue weighted by Gasteiger charge is -2.13. The van der Waals surface area contributed by atoms with Crippen LogP contribution in [0.15, 0.2) is 58.3 Å². The molecule has 12 heteroatoms. The number of carbonyl (C=O) groups is 1. The molecule has 10 nitrogen and oxygen atoms in total. The predicted octanol–water partition coefficient (Wildman–Crippen LogP) is 4.13. The summed E-state index contributed by atoms with van der Waals surface area (Å²) >= 11 is 3.52. The highest BCUT2D eigenvalue weighted by Crippen LogP contribution is 2.34. The predicted molar refractivity (Wildman–Crippen MR) is 159 cm³/mol. The number of imidazole rings is 1. The zero-order valence-corrected chi connectivity index (χ0v) is 25.4. The number of hydrogen-bond donors (Lipinski definition) is 1. The summed E-state index contributed by atoms with van der Waals surface area (Å²) in [6.45, 7) is 6.40. The van der Waals surface area contributed by atoms with Gasteiger partial charge in [0, 0.05) is 29.3 Å². The second kappa shape index (κ2) is 16.6. The monoisotopic (exact) mass is 646 g/mol. The highest BCUT2D eigenvalue weighted by atomic mass is 79.9. The van der Waals surface area contributed by atoms with Crippen molar-refractivity contribution < 1.29 is 32.9 Å². The normalized spacial score (nSPS) is 14.2. The molecule has 1 amide bonds. The number of carbonyl (C=O) groups excluding carboxylic acids is 1. The van der Waals surface area contributed by atoms with Crippen LogP contribution in [0, 0.1) is 5.82 Å². The lowest BCUT2D eigenvalue weighted by Crippen LogP contribution is -2.29. The van der Waals surface area contributed by atoms with Crippen LogP contribution in [-0.2, 0) is 23.7 Å². The van der Waals surface area contributed by atoms with Gasteiger partial charge in [-0.15, -0.1) is 0 Å². The fraction of sp³-hybridized carbons (Fsp3) is 0.433. The first-order chi connectivity index (χ1) is 20.5. The van der Waals surface area contributed by atoms with E-state index >= 15 is 0 Å². The molecule has 0 fully saturated rings. The van der Waals surface area contributed by atoms with E-state index in [1.165, 1.54) is 6.07 Å². The number of hydrogen-bond acceptors (Lipinski definition) is 8. The summed E-state index contributed by atoms with van der Waals surface area (Å²) in [5.41, 5.74) is 3.29. The van der Waals surface area contributed by atoms with Gasteiger partial charge in [-0.1, -0.05) is 28.1 Å². The van der Waals surface area contributed by atoms with Gasteiger partial charge in [0.05, 0.1) is 82.6 Å². The van der Waals surface area contributed by atoms with Crippen molar-refractivity contribution in [1.82, 2.24) is 14.9 Å². The third-order valence-corrected chi connectivity index (χ3v) is 6.91. The van der Waals surface area contributed by atoms with Gasteiger partial charge in [0.2, 0.25) is 0 Å². The van der Waals surface area contributed by atoms with E-state index in [-0.39, 0.29) is 17.4 Å². The Bertz CT molecular complexity index is 1350. The number of aliphatic imine (C=N–C) groups is 1. The Hall–Kier alpha value is -3.00. The van der Waals surface area contributed by atoms with E-state index in [0.29, 0.717) is 83.0 Å². The molecule has 0 aliphatic carbocycles. The van der Waals surface area contributed by atoms with E-state index in [1.54, 1.807) is 31.6 Å². The van der Waals surface area contributed by atoms with Crippen LogP contribution in [0.2, 0.25) is 0 Å². The summed E-state index contributed by atoms with van der Waals surface area (Å²) in [5.74, 6) is -0.697. The first kappa shape index (κ1) is 31.9. The average Bonchev–Trinajstić information content (AvgIpc) is 3.39. The Kier molecular flexibility index (Phi) is 12.6. The minimum Gasteiger partial charge on any atom is -0.382 e. The molecule has 1 aliphatic heterocycles. The summed E-state index contributed by atoms with van der Waals surface area (Å²) in [5, 5.41) is 2.87. The van der Waals surface area contributed by atoms with Gasteiger partial charge in [-0.05, 0) is 37.3 Å². The van der Waals surface area contributed by atoms with Crippen LogP contribution in [0.4, 0.5) is 4.39 Å². The molecule has 2 aromatic carbocycles. The van der Waals surface area contributed by atoms with Gasteiger partial charge in [0.1, 0.15) is 12.1 Å². The Morgan fingerprint density at radius 3 is 2.24 bits per heavy atom. The SMILES string of the molecule is COCCOCCOCCOCCOCCNC(=O)c1ncn2c1[C@@H](C)N=C(c1ccccc1F)c1cc(Br)ccc1-2. The van der Waals surface area contributed by atoms with Crippen molar-refractivity contribution in [2.45, 2.75) is 13.0 Å². The van der Waals surface area contributed by atoms with Crippen molar-refractivity contribution in [3.8, 4) is 5.69 Å². The second-order valence-corrected chi connectivity index (χ2v) is 10.3. The van der Waals surface area contributed by atoms with Crippen molar-refractivity contribution in [2.24, 2.45) is 4.99 Å². The smallest absolute Gasteiger partial charge is 0.271 e. The first-order valence-corrected chi connectivity index (χ1v) is 14.6. The van der Waals surface area contributed by atoms with Crippen LogP contribution in [0.5, 0.6) is 0 Å². The first-order valence-electron chi connectivity index (χ1n) is 13.8. The number of methoxy groups -OCH3 is 1. The van der Waals surface area contributed by atoms with Gasteiger partial charge >= 0.3 is 0 Å². The molecule has 2 heterocycles. The standard InChI is InChI=1S/C30H36BrFN4O6/c1-21-29-28(30(37)33-9-10-39-13-14-41-17-18-42-16-15-40-12-11-38-2)34-20-36(29)26-8-7-22(31)19-24(26)27(35-21)23-5-3-4-6-25(23)32/h3-8,19-21H,9-18H2,1-2H3,(H,33,37)/t21-/m1/s1. The lowest BCUT2D eigenvalue weighted by molar-refractivity contribution is -0.00745. The van der Waals surface area contributed by atoms with E-state index in [4.69, 9.17) is 28.7 Å². The summed E-state index contributed by atoms with van der Waals surface area (Å²) in [6.07, 6.45) is 1.61. The summed E-state index contributed by atoms with van der Waals surface area (Å²) in [4.78, 5) is 22.4. The van der Waals surface area contributed by atoms with Crippen LogP contribution in [0.1, 0.15) is 40.3 Å². The molecule has 0 unspecified atom stereocenters. The molecule has 0 spiro atoms. The van der Waals surface area contributed by atoms with Gasteiger partial charge in [0.25, 0.3) is 5.91 Å². The number of amides is 1. The fourth-order valence-corrected chi connectivity index (χ4v) is 4.81. The number of nitrogens with zero attached hydrogens (tertiary/aromatic N) is 3. The number of fused-ring (bicyclic) bond motifs is 3. The zero-order chi connectivity index (χ0) is 29.7. The third kappa shape index (κ3) is 8.52. The highest BCUT2D eigenvalue weighted by molar-refractivity contribution is 9.10. The molecule has 4 rings (SSSR count). The number of aromatic nitrogens is 2. The number of halogens is 2. The third-order valence-electron chi connectivity index (χ3n) is 6.42. The summed E-state index contributed by atoms with van der Waals surface area (Å²) in [6, 6.07) is 11.8. The van der Waals surface area contributed by atoms with Gasteiger partial charge in [0.15, 0.2) is 5.69 Å². The molecule has 42 heavy (non-hydrogen) atoms. The van der Waals surface area contributed by atoms with Gasteiger partial charge in [-0.3, -0.25) is 14.4 Å². The van der Waals surface area contributed by atoms with Crippen molar-refractivity contribution in [2.75, 3.05) is 73.1 Å². The Balaban J connectivity index is 1.27. The molecule has 0 saturated heterocycles. The maximum absolute atomic E-state index is 14.9. The molecule has 0 saturated carbocycles. The molecule has 1 atom stereocenters. The van der Waals surface area contributed by atoms with E-state index in [1.807, 2.05) is 29.7 Å². The molecule has 3 aromatic rings. The Morgan fingerprint density at radius 2 is 1.57 bits per heavy atom. The molecule has 1 aromatic heterocycles. The number of benzene rings is 2. The Labute approximate surface area is 253 Å². The topological polar surface area (TPSA) is 105 Å². The molecule has 1 N–H and O–H groups in total. The highest BCUT2D eigenvalue weighted by Gasteiger charge is 2.29. The molecule has 0 radical (unpaired) electrons. The van der Waals surface area contributed by atoms with E-state index in [0.717, 1.165) is 15.7 Å². The Morgan fingerprint density at radius 1 is 0.929 bits per heavy atom. The lowest BCUT2D eigenvalue weighted by atomic mass is 10.00. The van der Waals surface area contributed by atoms with Crippen LogP contribution < -0.4 is 5.32 Å². The number of nitrogens with one attached hydrogen (secondary N) is 1. The summed E-state index contributed by atoms with van der Waals surface area (Å²) < 4.78 is 44.2. The quantitative estimate of drug-likeness (QED) is 0.220. The average molecular weight is 648 g/mol. The molecule has 1 aliphatic rings. The maximum Gasteiger partial charge on any atom is 0.271 e. The van der Waals surface area contributed by atoms with Crippen LogP contribution >= 0.6 is 15.9 Å². The van der Waals surface area contributed by atoms with Crippen molar-refractivity contribution in [3.05, 3.63) is 81.6 Å². The summed E-state index contributed by atoms with van der Waals surface area (Å²) in [7, 11) is 1.63. The van der Waals surface area contributed by atoms with E-state index < -0.39 is 6.04 Å². The van der Waals surface area contributed by atoms with Crippen LogP contribution in [0.3, 0.4) is 0 Å². The zero-order valence-electron chi connectivity index (χ0n) is 23.8.